The average molecular weight is 459 g/mol. The molecule has 2 N–H and O–H groups in total. The van der Waals surface area contributed by atoms with E-state index in [0.29, 0.717) is 45.0 Å². The smallest absolute Gasteiger partial charge is 0.378 e. The van der Waals surface area contributed by atoms with Gasteiger partial charge in [-0.05, 0) is 24.3 Å². The zero-order chi connectivity index (χ0) is 19.3. The molecule has 2 aliphatic heterocycles. The van der Waals surface area contributed by atoms with Gasteiger partial charge in [0.25, 0.3) is 5.91 Å². The third kappa shape index (κ3) is 7.18. The topological polar surface area (TPSA) is 56.8 Å². The molecule has 0 spiro atoms. The summed E-state index contributed by atoms with van der Waals surface area (Å²) in [5, 5.41) is 5.48. The molecule has 2 fully saturated rings. The predicted octanol–water partition coefficient (Wildman–Crippen LogP) is 1.93. The molecular formula is C18H27Cl2F3N4O2. The molecule has 0 bridgehead atoms. The zero-order valence-electron chi connectivity index (χ0n) is 15.9. The number of benzene rings is 1. The lowest BCUT2D eigenvalue weighted by Crippen LogP contribution is -2.57. The molecule has 2 saturated heterocycles. The summed E-state index contributed by atoms with van der Waals surface area (Å²) >= 11 is 0. The number of halogens is 5. The Kier molecular flexibility index (Phi) is 10.5. The lowest BCUT2D eigenvalue weighted by molar-refractivity contribution is -0.183. The van der Waals surface area contributed by atoms with E-state index in [-0.39, 0.29) is 24.8 Å². The first kappa shape index (κ1) is 25.8. The van der Waals surface area contributed by atoms with Gasteiger partial charge in [0.05, 0.1) is 13.2 Å². The number of piperazine rings is 1. The highest BCUT2D eigenvalue weighted by atomic mass is 35.5. The maximum atomic E-state index is 13.4. The molecule has 0 radical (unpaired) electrons. The summed E-state index contributed by atoms with van der Waals surface area (Å²) in [5.41, 5.74) is 1.33. The van der Waals surface area contributed by atoms with Crippen LogP contribution in [0.1, 0.15) is 10.4 Å². The number of nitrogens with one attached hydrogen (secondary N) is 2. The number of amides is 1. The van der Waals surface area contributed by atoms with Crippen LogP contribution in [0.5, 0.6) is 0 Å². The van der Waals surface area contributed by atoms with Crippen LogP contribution in [0, 0.1) is 0 Å². The molecule has 1 aromatic carbocycles. The first-order valence-electron chi connectivity index (χ1n) is 9.17. The van der Waals surface area contributed by atoms with Crippen molar-refractivity contribution in [3.05, 3.63) is 29.8 Å². The van der Waals surface area contributed by atoms with E-state index in [1.54, 1.807) is 12.1 Å². The number of nitrogens with zero attached hydrogens (tertiary/aromatic N) is 2. The number of rotatable bonds is 5. The highest BCUT2D eigenvalue weighted by Crippen LogP contribution is 2.25. The van der Waals surface area contributed by atoms with Crippen LogP contribution in [-0.4, -0.2) is 82.1 Å². The second-order valence-corrected chi connectivity index (χ2v) is 6.70. The summed E-state index contributed by atoms with van der Waals surface area (Å²) in [7, 11) is 0. The van der Waals surface area contributed by atoms with Crippen molar-refractivity contribution < 1.29 is 22.7 Å². The lowest BCUT2D eigenvalue weighted by atomic mass is 10.1. The average Bonchev–Trinajstić information content (AvgIpc) is 2.68. The second kappa shape index (κ2) is 11.8. The number of alkyl halides is 3. The number of morpholine rings is 1. The Hall–Kier alpha value is -1.26. The van der Waals surface area contributed by atoms with Gasteiger partial charge in [0.1, 0.15) is 6.04 Å². The van der Waals surface area contributed by atoms with Gasteiger partial charge in [-0.3, -0.25) is 9.69 Å². The Morgan fingerprint density at radius 3 is 2.21 bits per heavy atom. The largest absolute Gasteiger partial charge is 0.405 e. The highest BCUT2D eigenvalue weighted by molar-refractivity contribution is 5.94. The van der Waals surface area contributed by atoms with Crippen LogP contribution in [0.4, 0.5) is 18.9 Å². The standard InChI is InChI=1S/C18H25F3N4O2.2ClH/c19-18(20,21)16(25-7-5-22-6-8-25)13-23-17(26)14-1-3-15(4-2-14)24-9-11-27-12-10-24;;/h1-4,16,22H,5-13H2,(H,23,26);2*1H. The van der Waals surface area contributed by atoms with Gasteiger partial charge in [0, 0.05) is 57.1 Å². The summed E-state index contributed by atoms with van der Waals surface area (Å²) < 4.78 is 45.5. The third-order valence-corrected chi connectivity index (χ3v) is 4.93. The molecule has 0 saturated carbocycles. The van der Waals surface area contributed by atoms with Crippen molar-refractivity contribution in [2.24, 2.45) is 0 Å². The van der Waals surface area contributed by atoms with E-state index in [4.69, 9.17) is 4.74 Å². The molecule has 0 aromatic heterocycles. The number of hydrogen-bond acceptors (Lipinski definition) is 5. The molecule has 0 aliphatic carbocycles. The van der Waals surface area contributed by atoms with E-state index in [2.05, 4.69) is 15.5 Å². The summed E-state index contributed by atoms with van der Waals surface area (Å²) in [6.45, 7) is 4.09. The second-order valence-electron chi connectivity index (χ2n) is 6.70. The van der Waals surface area contributed by atoms with Gasteiger partial charge < -0.3 is 20.3 Å². The molecule has 6 nitrogen and oxygen atoms in total. The third-order valence-electron chi connectivity index (χ3n) is 4.93. The van der Waals surface area contributed by atoms with Crippen molar-refractivity contribution in [3.63, 3.8) is 0 Å². The SMILES string of the molecule is Cl.Cl.O=C(NCC(N1CCNCC1)C(F)(F)F)c1ccc(N2CCOCC2)cc1. The molecule has 166 valence electrons. The van der Waals surface area contributed by atoms with Gasteiger partial charge in [0.2, 0.25) is 0 Å². The van der Waals surface area contributed by atoms with Crippen LogP contribution < -0.4 is 15.5 Å². The van der Waals surface area contributed by atoms with Crippen LogP contribution in [0.2, 0.25) is 0 Å². The fourth-order valence-corrected chi connectivity index (χ4v) is 3.38. The van der Waals surface area contributed by atoms with Crippen molar-refractivity contribution in [2.75, 3.05) is 63.9 Å². The van der Waals surface area contributed by atoms with Crippen molar-refractivity contribution in [2.45, 2.75) is 12.2 Å². The van der Waals surface area contributed by atoms with Gasteiger partial charge in [-0.25, -0.2) is 0 Å². The van der Waals surface area contributed by atoms with Gasteiger partial charge in [-0.15, -0.1) is 24.8 Å². The van der Waals surface area contributed by atoms with Gasteiger partial charge in [0.15, 0.2) is 0 Å². The molecule has 2 aliphatic rings. The van der Waals surface area contributed by atoms with Crippen LogP contribution in [0.25, 0.3) is 0 Å². The minimum Gasteiger partial charge on any atom is -0.378 e. The van der Waals surface area contributed by atoms with Gasteiger partial charge in [-0.1, -0.05) is 0 Å². The summed E-state index contributed by atoms with van der Waals surface area (Å²) in [6.07, 6.45) is -4.38. The fourth-order valence-electron chi connectivity index (χ4n) is 3.38. The summed E-state index contributed by atoms with van der Waals surface area (Å²) in [4.78, 5) is 15.8. The van der Waals surface area contributed by atoms with Crippen molar-refractivity contribution in [3.8, 4) is 0 Å². The minimum atomic E-state index is -4.38. The zero-order valence-corrected chi connectivity index (χ0v) is 17.5. The molecule has 1 aromatic rings. The fraction of sp³-hybridized carbons (Fsp3) is 0.611. The van der Waals surface area contributed by atoms with E-state index < -0.39 is 24.7 Å². The Labute approximate surface area is 180 Å². The molecule has 2 heterocycles. The number of ether oxygens (including phenoxy) is 1. The van der Waals surface area contributed by atoms with E-state index in [9.17, 15) is 18.0 Å². The normalized spacial score (nSPS) is 18.9. The van der Waals surface area contributed by atoms with Crippen molar-refractivity contribution >= 4 is 36.4 Å². The maximum Gasteiger partial charge on any atom is 0.405 e. The number of anilines is 1. The van der Waals surface area contributed by atoms with Crippen LogP contribution >= 0.6 is 24.8 Å². The summed E-state index contributed by atoms with van der Waals surface area (Å²) in [6, 6.07) is 5.26. The quantitative estimate of drug-likeness (QED) is 0.705. The Bertz CT molecular complexity index is 623. The predicted molar refractivity (Wildman–Crippen MR) is 111 cm³/mol. The first-order valence-corrected chi connectivity index (χ1v) is 9.17. The summed E-state index contributed by atoms with van der Waals surface area (Å²) in [5.74, 6) is -0.493. The number of carbonyl (C=O) groups excluding carboxylic acids is 1. The maximum absolute atomic E-state index is 13.4. The molecule has 1 atom stereocenters. The first-order chi connectivity index (χ1) is 12.9. The van der Waals surface area contributed by atoms with E-state index in [1.165, 1.54) is 4.90 Å². The number of hydrogen-bond donors (Lipinski definition) is 2. The molecule has 1 amide bonds. The van der Waals surface area contributed by atoms with Crippen LogP contribution in [0.15, 0.2) is 24.3 Å². The highest BCUT2D eigenvalue weighted by Gasteiger charge is 2.43. The van der Waals surface area contributed by atoms with Gasteiger partial charge in [-0.2, -0.15) is 13.2 Å². The number of carbonyl (C=O) groups is 1. The van der Waals surface area contributed by atoms with Gasteiger partial charge >= 0.3 is 6.18 Å². The molecule has 29 heavy (non-hydrogen) atoms. The minimum absolute atomic E-state index is 0. The van der Waals surface area contributed by atoms with Crippen LogP contribution in [-0.2, 0) is 4.74 Å². The van der Waals surface area contributed by atoms with Crippen molar-refractivity contribution in [1.29, 1.82) is 0 Å². The van der Waals surface area contributed by atoms with E-state index >= 15 is 0 Å². The Morgan fingerprint density at radius 1 is 1.07 bits per heavy atom. The van der Waals surface area contributed by atoms with E-state index in [0.717, 1.165) is 18.8 Å². The Balaban J connectivity index is 0.00000210. The molecule has 1 unspecified atom stereocenters. The van der Waals surface area contributed by atoms with E-state index in [1.807, 2.05) is 12.1 Å². The molecule has 11 heteroatoms. The molecule has 3 rings (SSSR count). The lowest BCUT2D eigenvalue weighted by Gasteiger charge is -2.35. The monoisotopic (exact) mass is 458 g/mol. The molecular weight excluding hydrogens is 432 g/mol. The Morgan fingerprint density at radius 2 is 1.66 bits per heavy atom. The van der Waals surface area contributed by atoms with Crippen molar-refractivity contribution in [1.82, 2.24) is 15.5 Å². The van der Waals surface area contributed by atoms with Crippen LogP contribution in [0.3, 0.4) is 0 Å².